The van der Waals surface area contributed by atoms with Crippen molar-refractivity contribution >= 4 is 22.7 Å². The fraction of sp³-hybridized carbons (Fsp3) is 0.316. The Balaban J connectivity index is 1.29. The Labute approximate surface area is 159 Å². The number of aromatic nitrogens is 3. The molecule has 0 bridgehead atoms. The van der Waals surface area contributed by atoms with Crippen molar-refractivity contribution < 1.29 is 14.0 Å². The van der Waals surface area contributed by atoms with E-state index < -0.39 is 5.82 Å². The SMILES string of the molecule is Cc1ccc(F)c2[nH]c(C(=O)NCC3CN(C(=O)Cc4c[nH][nH]c4=O)C3)cc12. The molecule has 1 fully saturated rings. The quantitative estimate of drug-likeness (QED) is 0.527. The molecule has 8 nitrogen and oxygen atoms in total. The smallest absolute Gasteiger partial charge is 0.267 e. The van der Waals surface area contributed by atoms with Crippen LogP contribution < -0.4 is 10.9 Å². The number of likely N-dealkylation sites (tertiary alicyclic amines) is 1. The molecule has 146 valence electrons. The third kappa shape index (κ3) is 3.30. The zero-order valence-electron chi connectivity index (χ0n) is 15.3. The van der Waals surface area contributed by atoms with Gasteiger partial charge in [-0.2, -0.15) is 0 Å². The van der Waals surface area contributed by atoms with Gasteiger partial charge < -0.3 is 20.3 Å². The first-order valence-corrected chi connectivity index (χ1v) is 9.01. The van der Waals surface area contributed by atoms with E-state index in [-0.39, 0.29) is 29.7 Å². The predicted octanol–water partition coefficient (Wildman–Crippen LogP) is 1.06. The minimum absolute atomic E-state index is 0.0535. The van der Waals surface area contributed by atoms with E-state index in [1.807, 2.05) is 6.92 Å². The summed E-state index contributed by atoms with van der Waals surface area (Å²) >= 11 is 0. The van der Waals surface area contributed by atoms with Gasteiger partial charge >= 0.3 is 0 Å². The summed E-state index contributed by atoms with van der Waals surface area (Å²) < 4.78 is 13.9. The molecule has 0 aliphatic carbocycles. The van der Waals surface area contributed by atoms with Gasteiger partial charge in [0.05, 0.1) is 11.9 Å². The third-order valence-electron chi connectivity index (χ3n) is 5.13. The summed E-state index contributed by atoms with van der Waals surface area (Å²) in [5.74, 6) is -0.665. The van der Waals surface area contributed by atoms with Crippen LogP contribution in [-0.2, 0) is 11.2 Å². The summed E-state index contributed by atoms with van der Waals surface area (Å²) in [6.45, 7) is 3.34. The van der Waals surface area contributed by atoms with Crippen molar-refractivity contribution in [2.45, 2.75) is 13.3 Å². The van der Waals surface area contributed by atoms with Crippen LogP contribution in [0.3, 0.4) is 0 Å². The van der Waals surface area contributed by atoms with Gasteiger partial charge in [0.15, 0.2) is 0 Å². The van der Waals surface area contributed by atoms with Gasteiger partial charge in [0.25, 0.3) is 11.5 Å². The largest absolute Gasteiger partial charge is 0.350 e. The molecule has 1 aliphatic rings. The van der Waals surface area contributed by atoms with Crippen LogP contribution in [-0.4, -0.2) is 51.5 Å². The summed E-state index contributed by atoms with van der Waals surface area (Å²) in [7, 11) is 0. The van der Waals surface area contributed by atoms with Crippen molar-refractivity contribution in [3.8, 4) is 0 Å². The molecule has 1 saturated heterocycles. The molecule has 4 rings (SSSR count). The van der Waals surface area contributed by atoms with Gasteiger partial charge in [-0.3, -0.25) is 19.5 Å². The molecular formula is C19H20FN5O3. The zero-order chi connectivity index (χ0) is 19.8. The van der Waals surface area contributed by atoms with Gasteiger partial charge in [-0.05, 0) is 24.6 Å². The monoisotopic (exact) mass is 385 g/mol. The molecule has 2 amide bonds. The molecule has 2 aromatic heterocycles. The maximum absolute atomic E-state index is 13.9. The molecule has 0 unspecified atom stereocenters. The van der Waals surface area contributed by atoms with Gasteiger partial charge in [0.1, 0.15) is 11.5 Å². The molecule has 0 radical (unpaired) electrons. The maximum Gasteiger partial charge on any atom is 0.267 e. The van der Waals surface area contributed by atoms with E-state index in [2.05, 4.69) is 20.5 Å². The van der Waals surface area contributed by atoms with Gasteiger partial charge in [0, 0.05) is 42.7 Å². The summed E-state index contributed by atoms with van der Waals surface area (Å²) in [5, 5.41) is 8.48. The Bertz CT molecular complexity index is 1070. The lowest BCUT2D eigenvalue weighted by atomic mass is 9.99. The highest BCUT2D eigenvalue weighted by molar-refractivity contribution is 5.99. The molecule has 9 heteroatoms. The number of benzene rings is 1. The van der Waals surface area contributed by atoms with Crippen LogP contribution in [0.15, 0.2) is 29.2 Å². The highest BCUT2D eigenvalue weighted by Gasteiger charge is 2.31. The molecule has 1 aliphatic heterocycles. The van der Waals surface area contributed by atoms with Crippen LogP contribution in [0.4, 0.5) is 4.39 Å². The van der Waals surface area contributed by atoms with Gasteiger partial charge in [-0.25, -0.2) is 4.39 Å². The van der Waals surface area contributed by atoms with E-state index >= 15 is 0 Å². The summed E-state index contributed by atoms with van der Waals surface area (Å²) in [6.07, 6.45) is 1.54. The number of amides is 2. The number of nitrogens with zero attached hydrogens (tertiary/aromatic N) is 1. The van der Waals surface area contributed by atoms with E-state index in [0.29, 0.717) is 41.8 Å². The standard InChI is InChI=1S/C19H20FN5O3/c1-10-2-3-14(20)17-13(10)5-15(23-17)19(28)21-6-11-8-25(9-11)16(26)4-12-7-22-24-18(12)27/h2-3,5,7,11,23H,4,6,8-9H2,1H3,(H,21,28)(H2,22,24,27). The summed E-state index contributed by atoms with van der Waals surface area (Å²) in [5.41, 5.74) is 1.64. The summed E-state index contributed by atoms with van der Waals surface area (Å²) in [4.78, 5) is 40.4. The number of hydrogen-bond donors (Lipinski definition) is 4. The number of carbonyl (C=O) groups is 2. The first-order valence-electron chi connectivity index (χ1n) is 9.01. The van der Waals surface area contributed by atoms with Crippen LogP contribution in [0.1, 0.15) is 21.6 Å². The van der Waals surface area contributed by atoms with Crippen molar-refractivity contribution in [2.24, 2.45) is 5.92 Å². The second-order valence-electron chi connectivity index (χ2n) is 7.16. The van der Waals surface area contributed by atoms with Gasteiger partial charge in [0.2, 0.25) is 5.91 Å². The second-order valence-corrected chi connectivity index (χ2v) is 7.16. The average molecular weight is 385 g/mol. The van der Waals surface area contributed by atoms with Crippen LogP contribution >= 0.6 is 0 Å². The lowest BCUT2D eigenvalue weighted by Crippen LogP contribution is -2.54. The topological polar surface area (TPSA) is 114 Å². The van der Waals surface area contributed by atoms with Crippen molar-refractivity contribution in [3.63, 3.8) is 0 Å². The molecular weight excluding hydrogens is 365 g/mol. The zero-order valence-corrected chi connectivity index (χ0v) is 15.3. The highest BCUT2D eigenvalue weighted by atomic mass is 19.1. The molecule has 28 heavy (non-hydrogen) atoms. The number of hydrogen-bond acceptors (Lipinski definition) is 3. The third-order valence-corrected chi connectivity index (χ3v) is 5.13. The van der Waals surface area contributed by atoms with Crippen LogP contribution in [0.25, 0.3) is 10.9 Å². The number of aryl methyl sites for hydroxylation is 1. The molecule has 1 aromatic carbocycles. The normalized spacial score (nSPS) is 14.3. The van der Waals surface area contributed by atoms with Crippen LogP contribution in [0, 0.1) is 18.7 Å². The maximum atomic E-state index is 13.9. The van der Waals surface area contributed by atoms with Crippen molar-refractivity contribution in [2.75, 3.05) is 19.6 Å². The fourth-order valence-electron chi connectivity index (χ4n) is 3.42. The number of fused-ring (bicyclic) bond motifs is 1. The Hall–Kier alpha value is -3.36. The number of halogens is 1. The number of H-pyrrole nitrogens is 3. The Kier molecular flexibility index (Phi) is 4.50. The molecule has 0 spiro atoms. The Morgan fingerprint density at radius 2 is 2.11 bits per heavy atom. The number of nitrogens with one attached hydrogen (secondary N) is 4. The van der Waals surface area contributed by atoms with Crippen LogP contribution in [0.5, 0.6) is 0 Å². The van der Waals surface area contributed by atoms with Gasteiger partial charge in [-0.15, -0.1) is 0 Å². The fourth-order valence-corrected chi connectivity index (χ4v) is 3.42. The number of carbonyl (C=O) groups excluding carboxylic acids is 2. The Morgan fingerprint density at radius 1 is 1.32 bits per heavy atom. The van der Waals surface area contributed by atoms with E-state index in [9.17, 15) is 18.8 Å². The molecule has 0 saturated carbocycles. The second kappa shape index (κ2) is 6.99. The van der Waals surface area contributed by atoms with Gasteiger partial charge in [-0.1, -0.05) is 6.07 Å². The van der Waals surface area contributed by atoms with E-state index in [4.69, 9.17) is 0 Å². The average Bonchev–Trinajstić information content (AvgIpc) is 3.24. The van der Waals surface area contributed by atoms with Crippen molar-refractivity contribution in [1.29, 1.82) is 0 Å². The lowest BCUT2D eigenvalue weighted by molar-refractivity contribution is -0.136. The molecule has 4 N–H and O–H groups in total. The Morgan fingerprint density at radius 3 is 2.79 bits per heavy atom. The molecule has 3 heterocycles. The molecule has 3 aromatic rings. The van der Waals surface area contributed by atoms with Crippen LogP contribution in [0.2, 0.25) is 0 Å². The van der Waals surface area contributed by atoms with Crippen molar-refractivity contribution in [3.05, 3.63) is 57.4 Å². The minimum atomic E-state index is -0.394. The molecule has 0 atom stereocenters. The van der Waals surface area contributed by atoms with E-state index in [1.54, 1.807) is 17.0 Å². The van der Waals surface area contributed by atoms with E-state index in [1.165, 1.54) is 12.3 Å². The highest BCUT2D eigenvalue weighted by Crippen LogP contribution is 2.22. The first-order chi connectivity index (χ1) is 13.4. The summed E-state index contributed by atoms with van der Waals surface area (Å²) in [6, 6.07) is 4.69. The minimum Gasteiger partial charge on any atom is -0.350 e. The predicted molar refractivity (Wildman–Crippen MR) is 101 cm³/mol. The number of rotatable bonds is 5. The number of aromatic amines is 3. The lowest BCUT2D eigenvalue weighted by Gasteiger charge is -2.39. The van der Waals surface area contributed by atoms with E-state index in [0.717, 1.165) is 5.56 Å². The first kappa shape index (κ1) is 18.0. The van der Waals surface area contributed by atoms with Crippen molar-refractivity contribution in [1.82, 2.24) is 25.4 Å².